The van der Waals surface area contributed by atoms with E-state index in [4.69, 9.17) is 9.47 Å². The van der Waals surface area contributed by atoms with E-state index in [1.807, 2.05) is 13.8 Å². The topological polar surface area (TPSA) is 76.7 Å². The van der Waals surface area contributed by atoms with Gasteiger partial charge in [-0.05, 0) is 55.3 Å². The number of nitrogens with one attached hydrogen (secondary N) is 2. The Labute approximate surface area is 159 Å². The Morgan fingerprint density at radius 1 is 0.926 bits per heavy atom. The molecule has 2 N–H and O–H groups in total. The molecule has 0 aliphatic rings. The Balaban J connectivity index is 1.84. The predicted molar refractivity (Wildman–Crippen MR) is 105 cm³/mol. The Morgan fingerprint density at radius 2 is 1.63 bits per heavy atom. The van der Waals surface area contributed by atoms with Crippen molar-refractivity contribution in [1.29, 1.82) is 0 Å². The highest BCUT2D eigenvalue weighted by Gasteiger charge is 2.08. The molecule has 0 heterocycles. The molecule has 0 aliphatic carbocycles. The largest absolute Gasteiger partial charge is 0.494 e. The summed E-state index contributed by atoms with van der Waals surface area (Å²) < 4.78 is 11.0. The van der Waals surface area contributed by atoms with Crippen LogP contribution in [0.1, 0.15) is 37.0 Å². The minimum absolute atomic E-state index is 0.124. The third kappa shape index (κ3) is 7.01. The fourth-order valence-electron chi connectivity index (χ4n) is 2.28. The molecule has 2 aromatic carbocycles. The van der Waals surface area contributed by atoms with Crippen molar-refractivity contribution < 1.29 is 19.1 Å². The minimum atomic E-state index is -0.299. The van der Waals surface area contributed by atoms with E-state index in [0.29, 0.717) is 30.2 Å². The summed E-state index contributed by atoms with van der Waals surface area (Å²) in [5.74, 6) is 0.899. The van der Waals surface area contributed by atoms with E-state index in [0.717, 1.165) is 18.6 Å². The number of ether oxygens (including phenoxy) is 2. The molecule has 27 heavy (non-hydrogen) atoms. The van der Waals surface area contributed by atoms with Crippen molar-refractivity contribution in [2.45, 2.75) is 26.7 Å². The van der Waals surface area contributed by atoms with Crippen LogP contribution in [0.5, 0.6) is 11.5 Å². The molecule has 0 fully saturated rings. The Morgan fingerprint density at radius 3 is 2.30 bits per heavy atom. The van der Waals surface area contributed by atoms with E-state index in [2.05, 4.69) is 10.6 Å². The normalized spacial score (nSPS) is 10.1. The van der Waals surface area contributed by atoms with Gasteiger partial charge in [-0.25, -0.2) is 0 Å². The van der Waals surface area contributed by atoms with Crippen molar-refractivity contribution in [2.24, 2.45) is 0 Å². The lowest BCUT2D eigenvalue weighted by Crippen LogP contribution is -2.24. The molecule has 0 spiro atoms. The maximum absolute atomic E-state index is 12.1. The maximum atomic E-state index is 12.1. The summed E-state index contributed by atoms with van der Waals surface area (Å²) >= 11 is 0. The molecule has 0 atom stereocenters. The first-order valence-electron chi connectivity index (χ1n) is 9.16. The minimum Gasteiger partial charge on any atom is -0.494 e. The third-order valence-electron chi connectivity index (χ3n) is 3.61. The molecule has 6 nitrogen and oxygen atoms in total. The molecule has 0 aliphatic heterocycles. The molecule has 6 heteroatoms. The Kier molecular flexibility index (Phi) is 8.16. The van der Waals surface area contributed by atoms with Gasteiger partial charge in [-0.2, -0.15) is 0 Å². The molecule has 0 bridgehead atoms. The van der Waals surface area contributed by atoms with Gasteiger partial charge in [-0.1, -0.05) is 19.9 Å². The van der Waals surface area contributed by atoms with Gasteiger partial charge in [-0.15, -0.1) is 0 Å². The summed E-state index contributed by atoms with van der Waals surface area (Å²) in [6.45, 7) is 5.19. The van der Waals surface area contributed by atoms with Crippen LogP contribution >= 0.6 is 0 Å². The highest BCUT2D eigenvalue weighted by molar-refractivity contribution is 5.97. The van der Waals surface area contributed by atoms with Crippen molar-refractivity contribution in [1.82, 2.24) is 5.32 Å². The molecule has 0 unspecified atom stereocenters. The zero-order valence-electron chi connectivity index (χ0n) is 15.8. The van der Waals surface area contributed by atoms with Crippen molar-refractivity contribution in [3.05, 3.63) is 54.1 Å². The Bertz CT molecular complexity index is 744. The smallest absolute Gasteiger partial charge is 0.262 e. The second-order valence-electron chi connectivity index (χ2n) is 5.99. The second-order valence-corrected chi connectivity index (χ2v) is 5.99. The van der Waals surface area contributed by atoms with Crippen molar-refractivity contribution in [2.75, 3.05) is 25.1 Å². The standard InChI is InChI=1S/C21H26N2O4/c1-3-12-22-21(25)16-6-5-7-17(14-16)23-20(24)15-27-19-10-8-18(9-11-19)26-13-4-2/h5-11,14H,3-4,12-13,15H2,1-2H3,(H,22,25)(H,23,24). The van der Waals surface area contributed by atoms with Gasteiger partial charge in [0.25, 0.3) is 11.8 Å². The maximum Gasteiger partial charge on any atom is 0.262 e. The van der Waals surface area contributed by atoms with Gasteiger partial charge in [-0.3, -0.25) is 9.59 Å². The predicted octanol–water partition coefficient (Wildman–Crippen LogP) is 3.63. The van der Waals surface area contributed by atoms with Crippen LogP contribution in [0.4, 0.5) is 5.69 Å². The number of rotatable bonds is 10. The van der Waals surface area contributed by atoms with Crippen LogP contribution in [0.15, 0.2) is 48.5 Å². The Hall–Kier alpha value is -3.02. The summed E-state index contributed by atoms with van der Waals surface area (Å²) in [5, 5.41) is 5.54. The molecule has 0 saturated carbocycles. The molecule has 0 aromatic heterocycles. The van der Waals surface area contributed by atoms with Crippen molar-refractivity contribution in [3.8, 4) is 11.5 Å². The number of carbonyl (C=O) groups is 2. The first-order valence-corrected chi connectivity index (χ1v) is 9.16. The van der Waals surface area contributed by atoms with Crippen molar-refractivity contribution >= 4 is 17.5 Å². The number of benzene rings is 2. The van der Waals surface area contributed by atoms with Crippen LogP contribution in [0.3, 0.4) is 0 Å². The number of hydrogen-bond acceptors (Lipinski definition) is 4. The van der Waals surface area contributed by atoms with Crippen LogP contribution in [-0.2, 0) is 4.79 Å². The first kappa shape index (κ1) is 20.3. The summed E-state index contributed by atoms with van der Waals surface area (Å²) in [5.41, 5.74) is 1.06. The number of anilines is 1. The van der Waals surface area contributed by atoms with Crippen LogP contribution in [0.25, 0.3) is 0 Å². The van der Waals surface area contributed by atoms with Crippen LogP contribution in [-0.4, -0.2) is 31.6 Å². The SMILES string of the molecule is CCCNC(=O)c1cccc(NC(=O)COc2ccc(OCCC)cc2)c1. The fraction of sp³-hybridized carbons (Fsp3) is 0.333. The fourth-order valence-corrected chi connectivity index (χ4v) is 2.28. The van der Waals surface area contributed by atoms with Gasteiger partial charge in [0, 0.05) is 17.8 Å². The number of carbonyl (C=O) groups excluding carboxylic acids is 2. The lowest BCUT2D eigenvalue weighted by Gasteiger charge is -2.10. The highest BCUT2D eigenvalue weighted by atomic mass is 16.5. The monoisotopic (exact) mass is 370 g/mol. The van der Waals surface area contributed by atoms with Gasteiger partial charge in [0.05, 0.1) is 6.61 Å². The van der Waals surface area contributed by atoms with Crippen LogP contribution < -0.4 is 20.1 Å². The zero-order valence-corrected chi connectivity index (χ0v) is 15.8. The van der Waals surface area contributed by atoms with Gasteiger partial charge in [0.2, 0.25) is 0 Å². The molecular weight excluding hydrogens is 344 g/mol. The quantitative estimate of drug-likeness (QED) is 0.669. The van der Waals surface area contributed by atoms with Crippen molar-refractivity contribution in [3.63, 3.8) is 0 Å². The van der Waals surface area contributed by atoms with Crippen LogP contribution in [0, 0.1) is 0 Å². The highest BCUT2D eigenvalue weighted by Crippen LogP contribution is 2.18. The van der Waals surface area contributed by atoms with Gasteiger partial charge >= 0.3 is 0 Å². The summed E-state index contributed by atoms with van der Waals surface area (Å²) in [7, 11) is 0. The molecule has 0 saturated heterocycles. The average molecular weight is 370 g/mol. The van der Waals surface area contributed by atoms with Gasteiger partial charge in [0.15, 0.2) is 6.61 Å². The van der Waals surface area contributed by atoms with Gasteiger partial charge < -0.3 is 20.1 Å². The van der Waals surface area contributed by atoms with Crippen LogP contribution in [0.2, 0.25) is 0 Å². The lowest BCUT2D eigenvalue weighted by molar-refractivity contribution is -0.118. The first-order chi connectivity index (χ1) is 13.1. The number of amides is 2. The second kappa shape index (κ2) is 10.9. The number of hydrogen-bond donors (Lipinski definition) is 2. The lowest BCUT2D eigenvalue weighted by atomic mass is 10.2. The van der Waals surface area contributed by atoms with E-state index in [1.165, 1.54) is 0 Å². The summed E-state index contributed by atoms with van der Waals surface area (Å²) in [6.07, 6.45) is 1.81. The van der Waals surface area contributed by atoms with E-state index in [-0.39, 0.29) is 18.4 Å². The molecule has 0 radical (unpaired) electrons. The summed E-state index contributed by atoms with van der Waals surface area (Å²) in [6, 6.07) is 13.9. The van der Waals surface area contributed by atoms with E-state index in [9.17, 15) is 9.59 Å². The van der Waals surface area contributed by atoms with Gasteiger partial charge in [0.1, 0.15) is 11.5 Å². The molecule has 2 rings (SSSR count). The summed E-state index contributed by atoms with van der Waals surface area (Å²) in [4.78, 5) is 24.1. The molecule has 2 aromatic rings. The van der Waals surface area contributed by atoms with E-state index in [1.54, 1.807) is 48.5 Å². The third-order valence-corrected chi connectivity index (χ3v) is 3.61. The van der Waals surface area contributed by atoms with E-state index >= 15 is 0 Å². The molecule has 2 amide bonds. The average Bonchev–Trinajstić information content (AvgIpc) is 2.70. The molecular formula is C21H26N2O4. The molecule has 144 valence electrons. The zero-order chi connectivity index (χ0) is 19.5. The van der Waals surface area contributed by atoms with E-state index < -0.39 is 0 Å².